The third-order valence-corrected chi connectivity index (χ3v) is 5.70. The first-order valence-electron chi connectivity index (χ1n) is 7.65. The summed E-state index contributed by atoms with van der Waals surface area (Å²) in [6.45, 7) is 0.230. The van der Waals surface area contributed by atoms with Crippen LogP contribution in [-0.4, -0.2) is 18.4 Å². The van der Waals surface area contributed by atoms with E-state index in [0.29, 0.717) is 4.90 Å². The van der Waals surface area contributed by atoms with Gasteiger partial charge in [0.25, 0.3) is 0 Å². The second-order valence-electron chi connectivity index (χ2n) is 5.87. The Morgan fingerprint density at radius 3 is 2.91 bits per heavy atom. The lowest BCUT2D eigenvalue weighted by Crippen LogP contribution is -2.23. The zero-order valence-corrected chi connectivity index (χ0v) is 13.4. The predicted molar refractivity (Wildman–Crippen MR) is 88.6 cm³/mol. The number of pyridine rings is 1. The van der Waals surface area contributed by atoms with Crippen molar-refractivity contribution in [3.05, 3.63) is 59.4 Å². The fourth-order valence-electron chi connectivity index (χ4n) is 3.06. The van der Waals surface area contributed by atoms with Gasteiger partial charge in [0.1, 0.15) is 5.65 Å². The molecule has 2 aromatic heterocycles. The van der Waals surface area contributed by atoms with Crippen LogP contribution in [0.4, 0.5) is 0 Å². The van der Waals surface area contributed by atoms with E-state index in [2.05, 4.69) is 14.7 Å². The molecule has 3 aromatic rings. The standard InChI is InChI=1S/C17H17N3O2S/c21-23(22,16-5-4-13-2-1-3-14(13)9-16)20-11-12-8-15-6-7-18-17(15)19-10-12/h4-10,20H,1-3,11H2,(H,18,19). The minimum absolute atomic E-state index is 0.230. The number of nitrogens with zero attached hydrogens (tertiary/aromatic N) is 1. The summed E-state index contributed by atoms with van der Waals surface area (Å²) in [6.07, 6.45) is 6.62. The van der Waals surface area contributed by atoms with Crippen molar-refractivity contribution in [3.63, 3.8) is 0 Å². The van der Waals surface area contributed by atoms with Gasteiger partial charge >= 0.3 is 0 Å². The molecule has 1 aliphatic rings. The first-order valence-corrected chi connectivity index (χ1v) is 9.14. The number of aryl methyl sites for hydroxylation is 2. The molecule has 1 aromatic carbocycles. The molecule has 0 unspecified atom stereocenters. The van der Waals surface area contributed by atoms with Gasteiger partial charge in [-0.3, -0.25) is 0 Å². The number of sulfonamides is 1. The first-order chi connectivity index (χ1) is 11.1. The van der Waals surface area contributed by atoms with Crippen LogP contribution >= 0.6 is 0 Å². The normalized spacial score (nSPS) is 14.3. The first kappa shape index (κ1) is 14.4. The van der Waals surface area contributed by atoms with Crippen LogP contribution in [-0.2, 0) is 29.4 Å². The van der Waals surface area contributed by atoms with Gasteiger partial charge in [-0.2, -0.15) is 0 Å². The molecule has 6 heteroatoms. The Labute approximate surface area is 134 Å². The van der Waals surface area contributed by atoms with Crippen LogP contribution in [0.15, 0.2) is 47.6 Å². The van der Waals surface area contributed by atoms with Gasteiger partial charge < -0.3 is 4.98 Å². The highest BCUT2D eigenvalue weighted by molar-refractivity contribution is 7.89. The second kappa shape index (κ2) is 5.47. The topological polar surface area (TPSA) is 74.8 Å². The van der Waals surface area contributed by atoms with Crippen LogP contribution in [0.2, 0.25) is 0 Å². The number of aromatic nitrogens is 2. The molecule has 0 spiro atoms. The molecule has 5 nitrogen and oxygen atoms in total. The van der Waals surface area contributed by atoms with E-state index < -0.39 is 10.0 Å². The lowest BCUT2D eigenvalue weighted by molar-refractivity contribution is 0.581. The van der Waals surface area contributed by atoms with Crippen molar-refractivity contribution in [2.24, 2.45) is 0 Å². The van der Waals surface area contributed by atoms with E-state index in [1.165, 1.54) is 5.56 Å². The second-order valence-corrected chi connectivity index (χ2v) is 7.63. The van der Waals surface area contributed by atoms with Crippen molar-refractivity contribution >= 4 is 21.1 Å². The van der Waals surface area contributed by atoms with E-state index in [1.807, 2.05) is 24.4 Å². The molecule has 0 amide bonds. The minimum Gasteiger partial charge on any atom is -0.346 e. The van der Waals surface area contributed by atoms with Gasteiger partial charge in [0, 0.05) is 24.3 Å². The Hall–Kier alpha value is -2.18. The maximum Gasteiger partial charge on any atom is 0.240 e. The molecule has 0 saturated heterocycles. The quantitative estimate of drug-likeness (QED) is 0.773. The maximum absolute atomic E-state index is 12.5. The van der Waals surface area contributed by atoms with Gasteiger partial charge in [-0.25, -0.2) is 18.1 Å². The molecule has 2 N–H and O–H groups in total. The molecule has 1 aliphatic carbocycles. The highest BCUT2D eigenvalue weighted by Gasteiger charge is 2.18. The smallest absolute Gasteiger partial charge is 0.240 e. The molecule has 0 saturated carbocycles. The zero-order chi connectivity index (χ0) is 15.9. The number of hydrogen-bond acceptors (Lipinski definition) is 3. The van der Waals surface area contributed by atoms with Crippen LogP contribution in [0.3, 0.4) is 0 Å². The Balaban J connectivity index is 1.55. The summed E-state index contributed by atoms with van der Waals surface area (Å²) in [6, 6.07) is 9.29. The van der Waals surface area contributed by atoms with Crippen LogP contribution < -0.4 is 4.72 Å². The lowest BCUT2D eigenvalue weighted by Gasteiger charge is -2.08. The average molecular weight is 327 g/mol. The van der Waals surface area contributed by atoms with Gasteiger partial charge in [0.2, 0.25) is 10.0 Å². The number of benzene rings is 1. The molecule has 4 rings (SSSR count). The summed E-state index contributed by atoms with van der Waals surface area (Å²) in [5.41, 5.74) is 4.06. The molecule has 0 aliphatic heterocycles. The van der Waals surface area contributed by atoms with Gasteiger partial charge in [-0.1, -0.05) is 6.07 Å². The van der Waals surface area contributed by atoms with Crippen molar-refractivity contribution < 1.29 is 8.42 Å². The summed E-state index contributed by atoms with van der Waals surface area (Å²) < 4.78 is 27.6. The highest BCUT2D eigenvalue weighted by Crippen LogP contribution is 2.24. The monoisotopic (exact) mass is 327 g/mol. The van der Waals surface area contributed by atoms with Gasteiger partial charge in [0.15, 0.2) is 0 Å². The molecule has 0 bridgehead atoms. The highest BCUT2D eigenvalue weighted by atomic mass is 32.2. The summed E-state index contributed by atoms with van der Waals surface area (Å²) in [7, 11) is -3.51. The van der Waals surface area contributed by atoms with Crippen molar-refractivity contribution in [2.45, 2.75) is 30.7 Å². The van der Waals surface area contributed by atoms with E-state index in [1.54, 1.807) is 18.3 Å². The lowest BCUT2D eigenvalue weighted by atomic mass is 10.1. The molecule has 118 valence electrons. The number of H-pyrrole nitrogens is 1. The molecular weight excluding hydrogens is 310 g/mol. The van der Waals surface area contributed by atoms with E-state index in [-0.39, 0.29) is 6.54 Å². The Kier molecular flexibility index (Phi) is 3.43. The van der Waals surface area contributed by atoms with Crippen LogP contribution in [0.25, 0.3) is 11.0 Å². The fraction of sp³-hybridized carbons (Fsp3) is 0.235. The Morgan fingerprint density at radius 1 is 1.13 bits per heavy atom. The zero-order valence-electron chi connectivity index (χ0n) is 12.5. The van der Waals surface area contributed by atoms with Crippen molar-refractivity contribution in [1.82, 2.24) is 14.7 Å². The minimum atomic E-state index is -3.51. The average Bonchev–Trinajstić information content (AvgIpc) is 3.20. The summed E-state index contributed by atoms with van der Waals surface area (Å²) >= 11 is 0. The third-order valence-electron chi connectivity index (χ3n) is 4.30. The molecule has 23 heavy (non-hydrogen) atoms. The van der Waals surface area contributed by atoms with Gasteiger partial charge in [0.05, 0.1) is 4.90 Å². The SMILES string of the molecule is O=S(=O)(NCc1cnc2[nH]ccc2c1)c1ccc2c(c1)CCC2. The van der Waals surface area contributed by atoms with Crippen molar-refractivity contribution in [2.75, 3.05) is 0 Å². The van der Waals surface area contributed by atoms with Gasteiger partial charge in [-0.05, 0) is 60.2 Å². The van der Waals surface area contributed by atoms with E-state index in [0.717, 1.165) is 41.4 Å². The predicted octanol–water partition coefficient (Wildman–Crippen LogP) is 2.53. The summed E-state index contributed by atoms with van der Waals surface area (Å²) in [4.78, 5) is 7.63. The largest absolute Gasteiger partial charge is 0.346 e. The van der Waals surface area contributed by atoms with E-state index >= 15 is 0 Å². The number of rotatable bonds is 4. The molecule has 0 atom stereocenters. The maximum atomic E-state index is 12.5. The molecular formula is C17H17N3O2S. The van der Waals surface area contributed by atoms with E-state index in [4.69, 9.17) is 0 Å². The number of hydrogen-bond donors (Lipinski definition) is 2. The van der Waals surface area contributed by atoms with Gasteiger partial charge in [-0.15, -0.1) is 0 Å². The summed E-state index contributed by atoms with van der Waals surface area (Å²) in [5, 5.41) is 0.972. The van der Waals surface area contributed by atoms with Crippen molar-refractivity contribution in [3.8, 4) is 0 Å². The molecule has 0 radical (unpaired) electrons. The number of aromatic amines is 1. The van der Waals surface area contributed by atoms with Crippen molar-refractivity contribution in [1.29, 1.82) is 0 Å². The van der Waals surface area contributed by atoms with Crippen LogP contribution in [0, 0.1) is 0 Å². The van der Waals surface area contributed by atoms with E-state index in [9.17, 15) is 8.42 Å². The molecule has 2 heterocycles. The van der Waals surface area contributed by atoms with Crippen LogP contribution in [0.1, 0.15) is 23.1 Å². The fourth-order valence-corrected chi connectivity index (χ4v) is 4.13. The Bertz CT molecular complexity index is 976. The molecule has 0 fully saturated rings. The third kappa shape index (κ3) is 2.75. The van der Waals surface area contributed by atoms with Crippen LogP contribution in [0.5, 0.6) is 0 Å². The number of nitrogens with one attached hydrogen (secondary N) is 2. The number of fused-ring (bicyclic) bond motifs is 2. The summed E-state index contributed by atoms with van der Waals surface area (Å²) in [5.74, 6) is 0. The Morgan fingerprint density at radius 2 is 2.00 bits per heavy atom.